The van der Waals surface area contributed by atoms with Crippen molar-refractivity contribution in [3.05, 3.63) is 18.0 Å². The standard InChI is InChI=1S/C13H17N3O/c1-9-3-4-12(7-10(9)2)17-13-15-6-5-11(8-14)16-13/h5-6,9-10,12H,3-4,7H2,1-2H3. The first-order chi connectivity index (χ1) is 8.19. The highest BCUT2D eigenvalue weighted by molar-refractivity contribution is 5.19. The molecule has 0 spiro atoms. The van der Waals surface area contributed by atoms with Gasteiger partial charge in [0.1, 0.15) is 17.9 Å². The van der Waals surface area contributed by atoms with E-state index in [-0.39, 0.29) is 6.10 Å². The van der Waals surface area contributed by atoms with Gasteiger partial charge in [0.15, 0.2) is 0 Å². The Morgan fingerprint density at radius 3 is 2.88 bits per heavy atom. The van der Waals surface area contributed by atoms with Gasteiger partial charge in [-0.25, -0.2) is 4.98 Å². The molecule has 0 saturated heterocycles. The van der Waals surface area contributed by atoms with Crippen LogP contribution in [0.1, 0.15) is 38.8 Å². The maximum absolute atomic E-state index is 8.75. The van der Waals surface area contributed by atoms with E-state index >= 15 is 0 Å². The second-order valence-corrected chi connectivity index (χ2v) is 4.84. The first kappa shape index (κ1) is 11.8. The largest absolute Gasteiger partial charge is 0.460 e. The molecule has 0 bridgehead atoms. The van der Waals surface area contributed by atoms with Crippen LogP contribution >= 0.6 is 0 Å². The van der Waals surface area contributed by atoms with Crippen molar-refractivity contribution < 1.29 is 4.74 Å². The minimum atomic E-state index is 0.190. The van der Waals surface area contributed by atoms with E-state index < -0.39 is 0 Å². The molecule has 1 saturated carbocycles. The lowest BCUT2D eigenvalue weighted by Crippen LogP contribution is -2.29. The molecule has 1 heterocycles. The average molecular weight is 231 g/mol. The van der Waals surface area contributed by atoms with E-state index in [4.69, 9.17) is 10.00 Å². The Kier molecular flexibility index (Phi) is 3.58. The molecule has 1 aromatic rings. The number of aromatic nitrogens is 2. The van der Waals surface area contributed by atoms with Crippen LogP contribution in [0.3, 0.4) is 0 Å². The Bertz CT molecular complexity index is 427. The van der Waals surface area contributed by atoms with Gasteiger partial charge in [0, 0.05) is 6.20 Å². The Hall–Kier alpha value is -1.63. The third kappa shape index (κ3) is 2.94. The molecule has 0 aromatic carbocycles. The molecule has 1 aliphatic rings. The van der Waals surface area contributed by atoms with Gasteiger partial charge in [-0.05, 0) is 37.2 Å². The monoisotopic (exact) mass is 231 g/mol. The second-order valence-electron chi connectivity index (χ2n) is 4.84. The van der Waals surface area contributed by atoms with Gasteiger partial charge in [-0.3, -0.25) is 0 Å². The highest BCUT2D eigenvalue weighted by atomic mass is 16.5. The fourth-order valence-corrected chi connectivity index (χ4v) is 2.21. The molecule has 0 aliphatic heterocycles. The quantitative estimate of drug-likeness (QED) is 0.784. The van der Waals surface area contributed by atoms with E-state index in [1.807, 2.05) is 6.07 Å². The summed E-state index contributed by atoms with van der Waals surface area (Å²) in [4.78, 5) is 8.08. The number of nitrogens with zero attached hydrogens (tertiary/aromatic N) is 3. The summed E-state index contributed by atoms with van der Waals surface area (Å²) in [7, 11) is 0. The van der Waals surface area contributed by atoms with Crippen molar-refractivity contribution in [3.63, 3.8) is 0 Å². The van der Waals surface area contributed by atoms with Crippen molar-refractivity contribution in [3.8, 4) is 12.1 Å². The molecule has 4 heteroatoms. The average Bonchev–Trinajstić information content (AvgIpc) is 2.34. The third-order valence-electron chi connectivity index (χ3n) is 3.57. The third-order valence-corrected chi connectivity index (χ3v) is 3.57. The van der Waals surface area contributed by atoms with Gasteiger partial charge in [0.2, 0.25) is 0 Å². The van der Waals surface area contributed by atoms with Crippen LogP contribution in [-0.2, 0) is 0 Å². The first-order valence-electron chi connectivity index (χ1n) is 6.09. The van der Waals surface area contributed by atoms with Crippen molar-refractivity contribution >= 4 is 0 Å². The molecular weight excluding hydrogens is 214 g/mol. The number of ether oxygens (including phenoxy) is 1. The Balaban J connectivity index is 1.99. The lowest BCUT2D eigenvalue weighted by molar-refractivity contribution is 0.0918. The van der Waals surface area contributed by atoms with Crippen molar-refractivity contribution in [2.24, 2.45) is 11.8 Å². The van der Waals surface area contributed by atoms with Gasteiger partial charge < -0.3 is 4.74 Å². The lowest BCUT2D eigenvalue weighted by Gasteiger charge is -2.31. The Morgan fingerprint density at radius 1 is 1.35 bits per heavy atom. The fourth-order valence-electron chi connectivity index (χ4n) is 2.21. The van der Waals surface area contributed by atoms with Crippen LogP contribution < -0.4 is 4.74 Å². The van der Waals surface area contributed by atoms with Gasteiger partial charge in [-0.2, -0.15) is 10.2 Å². The summed E-state index contributed by atoms with van der Waals surface area (Å²) in [6.07, 6.45) is 5.03. The predicted molar refractivity (Wildman–Crippen MR) is 63.3 cm³/mol. The van der Waals surface area contributed by atoms with Crippen molar-refractivity contribution in [2.75, 3.05) is 0 Å². The van der Waals surface area contributed by atoms with E-state index in [2.05, 4.69) is 23.8 Å². The molecule has 0 N–H and O–H groups in total. The molecule has 3 unspecified atom stereocenters. The smallest absolute Gasteiger partial charge is 0.317 e. The number of hydrogen-bond donors (Lipinski definition) is 0. The molecule has 17 heavy (non-hydrogen) atoms. The van der Waals surface area contributed by atoms with Crippen LogP contribution in [0, 0.1) is 23.2 Å². The Labute approximate surface area is 102 Å². The molecule has 90 valence electrons. The maximum atomic E-state index is 8.75. The summed E-state index contributed by atoms with van der Waals surface area (Å²) < 4.78 is 5.74. The van der Waals surface area contributed by atoms with Crippen LogP contribution in [0.5, 0.6) is 6.01 Å². The maximum Gasteiger partial charge on any atom is 0.317 e. The molecule has 0 amide bonds. The molecule has 0 radical (unpaired) electrons. The zero-order valence-electron chi connectivity index (χ0n) is 10.3. The minimum Gasteiger partial charge on any atom is -0.460 e. The zero-order valence-corrected chi connectivity index (χ0v) is 10.3. The van der Waals surface area contributed by atoms with Crippen LogP contribution in [0.2, 0.25) is 0 Å². The fraction of sp³-hybridized carbons (Fsp3) is 0.615. The summed E-state index contributed by atoms with van der Waals surface area (Å²) in [5.41, 5.74) is 0.354. The van der Waals surface area contributed by atoms with Crippen LogP contribution in [0.4, 0.5) is 0 Å². The molecule has 4 nitrogen and oxygen atoms in total. The molecule has 1 aliphatic carbocycles. The van der Waals surface area contributed by atoms with E-state index in [1.165, 1.54) is 6.42 Å². The molecule has 2 rings (SSSR count). The molecular formula is C13H17N3O. The highest BCUT2D eigenvalue weighted by Gasteiger charge is 2.26. The zero-order chi connectivity index (χ0) is 12.3. The summed E-state index contributed by atoms with van der Waals surface area (Å²) >= 11 is 0. The molecule has 3 atom stereocenters. The second kappa shape index (κ2) is 5.13. The lowest BCUT2D eigenvalue weighted by atomic mass is 9.80. The van der Waals surface area contributed by atoms with E-state index in [1.54, 1.807) is 12.3 Å². The number of rotatable bonds is 2. The topological polar surface area (TPSA) is 58.8 Å². The normalized spacial score (nSPS) is 28.4. The van der Waals surface area contributed by atoms with Gasteiger partial charge in [0.05, 0.1) is 0 Å². The van der Waals surface area contributed by atoms with E-state index in [0.717, 1.165) is 18.8 Å². The van der Waals surface area contributed by atoms with Crippen LogP contribution in [0.25, 0.3) is 0 Å². The van der Waals surface area contributed by atoms with Gasteiger partial charge in [-0.1, -0.05) is 13.8 Å². The van der Waals surface area contributed by atoms with Crippen molar-refractivity contribution in [2.45, 2.75) is 39.2 Å². The van der Waals surface area contributed by atoms with Crippen LogP contribution in [0.15, 0.2) is 12.3 Å². The predicted octanol–water partition coefficient (Wildman–Crippen LogP) is 2.55. The van der Waals surface area contributed by atoms with E-state index in [9.17, 15) is 0 Å². The highest BCUT2D eigenvalue weighted by Crippen LogP contribution is 2.31. The van der Waals surface area contributed by atoms with Gasteiger partial charge in [-0.15, -0.1) is 0 Å². The summed E-state index contributed by atoms with van der Waals surface area (Å²) in [5, 5.41) is 8.75. The molecule has 1 aromatic heterocycles. The van der Waals surface area contributed by atoms with E-state index in [0.29, 0.717) is 17.6 Å². The van der Waals surface area contributed by atoms with Crippen molar-refractivity contribution in [1.29, 1.82) is 5.26 Å². The number of hydrogen-bond acceptors (Lipinski definition) is 4. The first-order valence-corrected chi connectivity index (χ1v) is 6.09. The van der Waals surface area contributed by atoms with Gasteiger partial charge >= 0.3 is 6.01 Å². The Morgan fingerprint density at radius 2 is 2.18 bits per heavy atom. The van der Waals surface area contributed by atoms with Crippen molar-refractivity contribution in [1.82, 2.24) is 9.97 Å². The molecule has 1 fully saturated rings. The summed E-state index contributed by atoms with van der Waals surface area (Å²) in [6, 6.07) is 3.90. The van der Waals surface area contributed by atoms with Gasteiger partial charge in [0.25, 0.3) is 0 Å². The SMILES string of the molecule is CC1CCC(Oc2nccc(C#N)n2)CC1C. The summed E-state index contributed by atoms with van der Waals surface area (Å²) in [6.45, 7) is 4.54. The summed E-state index contributed by atoms with van der Waals surface area (Å²) in [5.74, 6) is 1.44. The number of nitriles is 1. The van der Waals surface area contributed by atoms with Crippen LogP contribution in [-0.4, -0.2) is 16.1 Å². The minimum absolute atomic E-state index is 0.190.